The standard InChI is InChI=1S/C26H26FN3O2/c27-23-11-8-20-14-16-30(18-22(20)17-23)26(32)29-24-12-9-21(10-13-24)25(31)28-15-4-7-19-5-2-1-3-6-19/h1-3,5-6,8-13,17H,4,7,14-16,18H2,(H,28,31)(H,29,32). The van der Waals surface area contributed by atoms with Crippen molar-refractivity contribution >= 4 is 17.6 Å². The van der Waals surface area contributed by atoms with E-state index in [4.69, 9.17) is 0 Å². The molecule has 0 bridgehead atoms. The normalized spacial score (nSPS) is 12.7. The van der Waals surface area contributed by atoms with Gasteiger partial charge in [0.25, 0.3) is 5.91 Å². The quantitative estimate of drug-likeness (QED) is 0.552. The van der Waals surface area contributed by atoms with Gasteiger partial charge in [0, 0.05) is 30.9 Å². The molecule has 0 atom stereocenters. The smallest absolute Gasteiger partial charge is 0.322 e. The van der Waals surface area contributed by atoms with Crippen molar-refractivity contribution in [1.82, 2.24) is 10.2 Å². The molecule has 5 nitrogen and oxygen atoms in total. The first-order valence-electron chi connectivity index (χ1n) is 10.8. The highest BCUT2D eigenvalue weighted by Gasteiger charge is 2.21. The second-order valence-electron chi connectivity index (χ2n) is 7.94. The Morgan fingerprint density at radius 1 is 0.938 bits per heavy atom. The molecular formula is C26H26FN3O2. The number of nitrogens with zero attached hydrogens (tertiary/aromatic N) is 1. The van der Waals surface area contributed by atoms with E-state index >= 15 is 0 Å². The SMILES string of the molecule is O=C(NCCCc1ccccc1)c1ccc(NC(=O)N2CCc3ccc(F)cc3C2)cc1. The zero-order valence-electron chi connectivity index (χ0n) is 17.8. The summed E-state index contributed by atoms with van der Waals surface area (Å²) in [5.74, 6) is -0.425. The number of halogens is 1. The number of carbonyl (C=O) groups excluding carboxylic acids is 2. The van der Waals surface area contributed by atoms with Crippen molar-refractivity contribution in [3.05, 3.63) is 101 Å². The summed E-state index contributed by atoms with van der Waals surface area (Å²) in [6, 6.07) is 21.5. The zero-order valence-corrected chi connectivity index (χ0v) is 17.8. The lowest BCUT2D eigenvalue weighted by Crippen LogP contribution is -2.38. The number of benzene rings is 3. The van der Waals surface area contributed by atoms with Crippen LogP contribution >= 0.6 is 0 Å². The number of anilines is 1. The van der Waals surface area contributed by atoms with Crippen LogP contribution in [0.4, 0.5) is 14.9 Å². The summed E-state index contributed by atoms with van der Waals surface area (Å²) < 4.78 is 13.5. The minimum Gasteiger partial charge on any atom is -0.352 e. The van der Waals surface area contributed by atoms with Gasteiger partial charge in [0.05, 0.1) is 0 Å². The fourth-order valence-electron chi connectivity index (χ4n) is 3.85. The molecule has 32 heavy (non-hydrogen) atoms. The Bertz CT molecular complexity index is 1080. The average Bonchev–Trinajstić information content (AvgIpc) is 2.82. The van der Waals surface area contributed by atoms with E-state index in [1.54, 1.807) is 35.2 Å². The molecule has 1 aliphatic heterocycles. The van der Waals surface area contributed by atoms with E-state index in [9.17, 15) is 14.0 Å². The Morgan fingerprint density at radius 2 is 1.72 bits per heavy atom. The molecule has 6 heteroatoms. The molecular weight excluding hydrogens is 405 g/mol. The molecule has 2 N–H and O–H groups in total. The molecule has 0 saturated carbocycles. The highest BCUT2D eigenvalue weighted by atomic mass is 19.1. The van der Waals surface area contributed by atoms with Crippen LogP contribution in [0.2, 0.25) is 0 Å². The zero-order chi connectivity index (χ0) is 22.3. The molecule has 1 aliphatic rings. The fourth-order valence-corrected chi connectivity index (χ4v) is 3.85. The third kappa shape index (κ3) is 5.52. The molecule has 0 fully saturated rings. The molecule has 0 radical (unpaired) electrons. The molecule has 1 heterocycles. The maximum absolute atomic E-state index is 13.5. The number of hydrogen-bond donors (Lipinski definition) is 2. The van der Waals surface area contributed by atoms with Crippen molar-refractivity contribution in [2.24, 2.45) is 0 Å². The van der Waals surface area contributed by atoms with E-state index in [-0.39, 0.29) is 17.8 Å². The first-order chi connectivity index (χ1) is 15.6. The molecule has 0 spiro atoms. The molecule has 3 aromatic carbocycles. The molecule has 3 amide bonds. The average molecular weight is 432 g/mol. The lowest BCUT2D eigenvalue weighted by atomic mass is 10.00. The van der Waals surface area contributed by atoms with Gasteiger partial charge in [-0.05, 0) is 72.4 Å². The van der Waals surface area contributed by atoms with Gasteiger partial charge in [0.15, 0.2) is 0 Å². The number of aryl methyl sites for hydroxylation is 1. The van der Waals surface area contributed by atoms with Gasteiger partial charge in [0.1, 0.15) is 5.82 Å². The largest absolute Gasteiger partial charge is 0.352 e. The summed E-state index contributed by atoms with van der Waals surface area (Å²) in [6.45, 7) is 1.56. The van der Waals surface area contributed by atoms with Crippen LogP contribution in [0.15, 0.2) is 72.8 Å². The summed E-state index contributed by atoms with van der Waals surface area (Å²) in [4.78, 5) is 26.6. The summed E-state index contributed by atoms with van der Waals surface area (Å²) in [5.41, 5.74) is 4.33. The highest BCUT2D eigenvalue weighted by Crippen LogP contribution is 2.21. The second kappa shape index (κ2) is 10.1. The van der Waals surface area contributed by atoms with Crippen LogP contribution in [0.3, 0.4) is 0 Å². The molecule has 0 unspecified atom stereocenters. The van der Waals surface area contributed by atoms with Crippen LogP contribution in [0, 0.1) is 5.82 Å². The highest BCUT2D eigenvalue weighted by molar-refractivity contribution is 5.95. The first-order valence-corrected chi connectivity index (χ1v) is 10.8. The van der Waals surface area contributed by atoms with Crippen molar-refractivity contribution in [1.29, 1.82) is 0 Å². The summed E-state index contributed by atoms with van der Waals surface area (Å²) in [6.07, 6.45) is 2.48. The maximum atomic E-state index is 13.5. The van der Waals surface area contributed by atoms with Crippen molar-refractivity contribution in [2.45, 2.75) is 25.8 Å². The van der Waals surface area contributed by atoms with Gasteiger partial charge in [-0.15, -0.1) is 0 Å². The lowest BCUT2D eigenvalue weighted by Gasteiger charge is -2.29. The van der Waals surface area contributed by atoms with Crippen molar-refractivity contribution in [2.75, 3.05) is 18.4 Å². The number of fused-ring (bicyclic) bond motifs is 1. The topological polar surface area (TPSA) is 61.4 Å². The van der Waals surface area contributed by atoms with Gasteiger partial charge in [0.2, 0.25) is 0 Å². The van der Waals surface area contributed by atoms with Crippen LogP contribution in [0.25, 0.3) is 0 Å². The Kier molecular flexibility index (Phi) is 6.80. The lowest BCUT2D eigenvalue weighted by molar-refractivity contribution is 0.0953. The van der Waals surface area contributed by atoms with Crippen LogP contribution in [-0.4, -0.2) is 29.9 Å². The molecule has 0 aromatic heterocycles. The van der Waals surface area contributed by atoms with E-state index in [1.807, 2.05) is 18.2 Å². The van der Waals surface area contributed by atoms with Crippen LogP contribution in [-0.2, 0) is 19.4 Å². The van der Waals surface area contributed by atoms with Gasteiger partial charge in [-0.25, -0.2) is 9.18 Å². The van der Waals surface area contributed by atoms with Gasteiger partial charge >= 0.3 is 6.03 Å². The number of rotatable bonds is 6. The van der Waals surface area contributed by atoms with Gasteiger partial charge in [-0.1, -0.05) is 36.4 Å². The summed E-state index contributed by atoms with van der Waals surface area (Å²) in [5, 5.41) is 5.79. The van der Waals surface area contributed by atoms with E-state index in [0.717, 1.165) is 24.0 Å². The maximum Gasteiger partial charge on any atom is 0.322 e. The van der Waals surface area contributed by atoms with E-state index in [2.05, 4.69) is 22.8 Å². The Morgan fingerprint density at radius 3 is 2.50 bits per heavy atom. The van der Waals surface area contributed by atoms with Gasteiger partial charge in [-0.2, -0.15) is 0 Å². The molecule has 3 aromatic rings. The van der Waals surface area contributed by atoms with Crippen molar-refractivity contribution in [3.8, 4) is 0 Å². The molecule has 0 aliphatic carbocycles. The predicted molar refractivity (Wildman–Crippen MR) is 123 cm³/mol. The monoisotopic (exact) mass is 431 g/mol. The van der Waals surface area contributed by atoms with Crippen LogP contribution < -0.4 is 10.6 Å². The molecule has 0 saturated heterocycles. The third-order valence-corrected chi connectivity index (χ3v) is 5.64. The number of urea groups is 1. The Labute approximate surface area is 187 Å². The minimum absolute atomic E-state index is 0.134. The fraction of sp³-hybridized carbons (Fsp3) is 0.231. The van der Waals surface area contributed by atoms with Gasteiger partial charge < -0.3 is 15.5 Å². The van der Waals surface area contributed by atoms with Crippen LogP contribution in [0.5, 0.6) is 0 Å². The number of carbonyl (C=O) groups is 2. The summed E-state index contributed by atoms with van der Waals surface area (Å²) >= 11 is 0. The van der Waals surface area contributed by atoms with E-state index in [0.29, 0.717) is 37.3 Å². The molecule has 164 valence electrons. The summed E-state index contributed by atoms with van der Waals surface area (Å²) in [7, 11) is 0. The minimum atomic E-state index is -0.292. The first kappa shape index (κ1) is 21.6. The second-order valence-corrected chi connectivity index (χ2v) is 7.94. The van der Waals surface area contributed by atoms with E-state index < -0.39 is 0 Å². The number of amides is 3. The van der Waals surface area contributed by atoms with Crippen molar-refractivity contribution in [3.63, 3.8) is 0 Å². The van der Waals surface area contributed by atoms with Crippen LogP contribution in [0.1, 0.15) is 33.5 Å². The number of hydrogen-bond acceptors (Lipinski definition) is 2. The molecule has 4 rings (SSSR count). The van der Waals surface area contributed by atoms with Gasteiger partial charge in [-0.3, -0.25) is 4.79 Å². The number of nitrogens with one attached hydrogen (secondary N) is 2. The van der Waals surface area contributed by atoms with Crippen molar-refractivity contribution < 1.29 is 14.0 Å². The predicted octanol–water partition coefficient (Wildman–Crippen LogP) is 4.78. The third-order valence-electron chi connectivity index (χ3n) is 5.64. The van der Waals surface area contributed by atoms with E-state index in [1.165, 1.54) is 17.7 Å². The Hall–Kier alpha value is -3.67. The Balaban J connectivity index is 1.25.